The Morgan fingerprint density at radius 2 is 2.14 bits per heavy atom. The van der Waals surface area contributed by atoms with Gasteiger partial charge in [-0.15, -0.1) is 0 Å². The molecular weight excluding hydrogens is 286 g/mol. The summed E-state index contributed by atoms with van der Waals surface area (Å²) in [6, 6.07) is 4.37. The second-order valence-electron chi connectivity index (χ2n) is 5.86. The van der Waals surface area contributed by atoms with E-state index in [1.165, 1.54) is 19.2 Å². The van der Waals surface area contributed by atoms with Crippen LogP contribution in [0, 0.1) is 10.1 Å². The van der Waals surface area contributed by atoms with Gasteiger partial charge in [-0.25, -0.2) is 4.98 Å². The lowest BCUT2D eigenvalue weighted by Crippen LogP contribution is -2.09. The van der Waals surface area contributed by atoms with Crippen molar-refractivity contribution >= 4 is 11.4 Å². The lowest BCUT2D eigenvalue weighted by atomic mass is 9.94. The Kier molecular flexibility index (Phi) is 4.35. The highest BCUT2D eigenvalue weighted by Crippen LogP contribution is 2.29. The number of benzene rings is 1. The van der Waals surface area contributed by atoms with Crippen LogP contribution < -0.4 is 10.1 Å². The first kappa shape index (κ1) is 15.8. The molecule has 0 aliphatic carbocycles. The quantitative estimate of drug-likeness (QED) is 0.671. The number of non-ortho nitro benzene ring substituents is 1. The van der Waals surface area contributed by atoms with Gasteiger partial charge in [0.15, 0.2) is 0 Å². The molecule has 1 aromatic carbocycles. The minimum atomic E-state index is -0.451. The predicted octanol–water partition coefficient (Wildman–Crippen LogP) is 3.50. The maximum absolute atomic E-state index is 10.8. The molecule has 0 aliphatic heterocycles. The molecule has 0 atom stereocenters. The number of nitro groups is 1. The Labute approximate surface area is 128 Å². The number of aromatic nitrogens is 1. The number of nitrogens with zero attached hydrogens (tertiary/aromatic N) is 2. The van der Waals surface area contributed by atoms with Crippen LogP contribution in [-0.4, -0.2) is 17.0 Å². The summed E-state index contributed by atoms with van der Waals surface area (Å²) in [7, 11) is 1.51. The average Bonchev–Trinajstić information content (AvgIpc) is 2.93. The molecule has 0 radical (unpaired) electrons. The van der Waals surface area contributed by atoms with Crippen molar-refractivity contribution in [3.05, 3.63) is 46.2 Å². The summed E-state index contributed by atoms with van der Waals surface area (Å²) in [5.41, 5.74) is 0.396. The van der Waals surface area contributed by atoms with Crippen LogP contribution in [0.4, 0.5) is 11.4 Å². The summed E-state index contributed by atoms with van der Waals surface area (Å²) in [5.74, 6) is 1.82. The summed E-state index contributed by atoms with van der Waals surface area (Å²) < 4.78 is 10.9. The molecular formula is C15H19N3O4. The van der Waals surface area contributed by atoms with E-state index in [0.29, 0.717) is 23.9 Å². The monoisotopic (exact) mass is 305 g/mol. The Hall–Kier alpha value is -2.57. The van der Waals surface area contributed by atoms with E-state index in [4.69, 9.17) is 9.15 Å². The molecule has 1 N–H and O–H groups in total. The van der Waals surface area contributed by atoms with E-state index in [0.717, 1.165) is 5.76 Å². The molecule has 1 heterocycles. The molecule has 0 fully saturated rings. The summed E-state index contributed by atoms with van der Waals surface area (Å²) >= 11 is 0. The highest BCUT2D eigenvalue weighted by Gasteiger charge is 2.19. The van der Waals surface area contributed by atoms with E-state index in [-0.39, 0.29) is 11.1 Å². The predicted molar refractivity (Wildman–Crippen MR) is 82.2 cm³/mol. The van der Waals surface area contributed by atoms with Gasteiger partial charge < -0.3 is 14.5 Å². The van der Waals surface area contributed by atoms with Crippen LogP contribution in [0.2, 0.25) is 0 Å². The van der Waals surface area contributed by atoms with E-state index in [9.17, 15) is 10.1 Å². The lowest BCUT2D eigenvalue weighted by molar-refractivity contribution is -0.384. The molecule has 118 valence electrons. The molecule has 7 nitrogen and oxygen atoms in total. The van der Waals surface area contributed by atoms with Gasteiger partial charge >= 0.3 is 0 Å². The first-order valence-corrected chi connectivity index (χ1v) is 6.82. The number of hydrogen-bond donors (Lipinski definition) is 1. The summed E-state index contributed by atoms with van der Waals surface area (Å²) in [4.78, 5) is 14.6. The molecule has 0 aliphatic rings. The molecule has 0 amide bonds. The third kappa shape index (κ3) is 3.55. The molecule has 0 unspecified atom stereocenters. The van der Waals surface area contributed by atoms with E-state index >= 15 is 0 Å². The minimum absolute atomic E-state index is 0.00825. The molecule has 2 rings (SSSR count). The van der Waals surface area contributed by atoms with E-state index in [1.807, 2.05) is 20.8 Å². The number of nitrogens with one attached hydrogen (secondary N) is 1. The molecule has 22 heavy (non-hydrogen) atoms. The van der Waals surface area contributed by atoms with Gasteiger partial charge in [0.2, 0.25) is 5.89 Å². The Morgan fingerprint density at radius 1 is 1.41 bits per heavy atom. The van der Waals surface area contributed by atoms with Crippen molar-refractivity contribution < 1.29 is 14.1 Å². The third-order valence-corrected chi connectivity index (χ3v) is 3.12. The summed E-state index contributed by atoms with van der Waals surface area (Å²) in [5, 5.41) is 13.9. The summed E-state index contributed by atoms with van der Waals surface area (Å²) in [6.45, 7) is 6.42. The van der Waals surface area contributed by atoms with Gasteiger partial charge in [0.25, 0.3) is 5.69 Å². The highest BCUT2D eigenvalue weighted by atomic mass is 16.6. The van der Waals surface area contributed by atoms with Gasteiger partial charge in [0.1, 0.15) is 11.5 Å². The minimum Gasteiger partial charge on any atom is -0.495 e. The molecule has 1 aromatic heterocycles. The van der Waals surface area contributed by atoms with Gasteiger partial charge in [-0.05, 0) is 6.07 Å². The van der Waals surface area contributed by atoms with Crippen molar-refractivity contribution in [2.45, 2.75) is 32.7 Å². The zero-order valence-electron chi connectivity index (χ0n) is 13.0. The fraction of sp³-hybridized carbons (Fsp3) is 0.400. The molecule has 2 aromatic rings. The second-order valence-corrected chi connectivity index (χ2v) is 5.86. The van der Waals surface area contributed by atoms with Crippen LogP contribution >= 0.6 is 0 Å². The van der Waals surface area contributed by atoms with Gasteiger partial charge in [0.05, 0.1) is 30.5 Å². The van der Waals surface area contributed by atoms with Crippen molar-refractivity contribution in [3.63, 3.8) is 0 Å². The maximum Gasteiger partial charge on any atom is 0.271 e. The number of oxazole rings is 1. The maximum atomic E-state index is 10.8. The van der Waals surface area contributed by atoms with Crippen molar-refractivity contribution in [1.29, 1.82) is 0 Å². The van der Waals surface area contributed by atoms with Gasteiger partial charge in [-0.2, -0.15) is 0 Å². The molecule has 0 saturated heterocycles. The van der Waals surface area contributed by atoms with Crippen molar-refractivity contribution in [3.8, 4) is 5.75 Å². The van der Waals surface area contributed by atoms with E-state index in [1.54, 1.807) is 12.3 Å². The Balaban J connectivity index is 2.15. The van der Waals surface area contributed by atoms with Crippen LogP contribution in [0.1, 0.15) is 32.4 Å². The highest BCUT2D eigenvalue weighted by molar-refractivity contribution is 5.61. The number of hydrogen-bond acceptors (Lipinski definition) is 6. The number of anilines is 1. The van der Waals surface area contributed by atoms with Crippen LogP contribution in [0.5, 0.6) is 5.75 Å². The molecule has 0 saturated carbocycles. The van der Waals surface area contributed by atoms with Gasteiger partial charge in [-0.1, -0.05) is 20.8 Å². The zero-order chi connectivity index (χ0) is 16.3. The largest absolute Gasteiger partial charge is 0.495 e. The normalized spacial score (nSPS) is 11.3. The van der Waals surface area contributed by atoms with E-state index < -0.39 is 4.92 Å². The summed E-state index contributed by atoms with van der Waals surface area (Å²) in [6.07, 6.45) is 1.70. The number of methoxy groups -OCH3 is 1. The molecule has 0 spiro atoms. The standard InChI is InChI=1S/C15H19N3O4/c1-15(2,3)13-8-17-14(22-13)9-16-11-7-10(18(19)20)5-6-12(11)21-4/h5-8,16H,9H2,1-4H3. The third-order valence-electron chi connectivity index (χ3n) is 3.12. The van der Waals surface area contributed by atoms with Crippen LogP contribution in [0.3, 0.4) is 0 Å². The van der Waals surface area contributed by atoms with Crippen LogP contribution in [0.25, 0.3) is 0 Å². The number of ether oxygens (including phenoxy) is 1. The topological polar surface area (TPSA) is 90.4 Å². The first-order valence-electron chi connectivity index (χ1n) is 6.82. The lowest BCUT2D eigenvalue weighted by Gasteiger charge is -2.13. The van der Waals surface area contributed by atoms with Crippen molar-refractivity contribution in [2.24, 2.45) is 0 Å². The van der Waals surface area contributed by atoms with Gasteiger partial charge in [-0.3, -0.25) is 10.1 Å². The Morgan fingerprint density at radius 3 is 2.68 bits per heavy atom. The van der Waals surface area contributed by atoms with Crippen molar-refractivity contribution in [2.75, 3.05) is 12.4 Å². The van der Waals surface area contributed by atoms with Crippen LogP contribution in [0.15, 0.2) is 28.8 Å². The number of nitro benzene ring substituents is 1. The SMILES string of the molecule is COc1ccc([N+](=O)[O-])cc1NCc1ncc(C(C)(C)C)o1. The van der Waals surface area contributed by atoms with E-state index in [2.05, 4.69) is 10.3 Å². The number of rotatable bonds is 5. The second kappa shape index (κ2) is 6.05. The smallest absolute Gasteiger partial charge is 0.271 e. The fourth-order valence-electron chi connectivity index (χ4n) is 1.86. The zero-order valence-corrected chi connectivity index (χ0v) is 13.0. The fourth-order valence-corrected chi connectivity index (χ4v) is 1.86. The Bertz CT molecular complexity index is 674. The van der Waals surface area contributed by atoms with Crippen molar-refractivity contribution in [1.82, 2.24) is 4.98 Å². The average molecular weight is 305 g/mol. The van der Waals surface area contributed by atoms with Gasteiger partial charge in [0, 0.05) is 17.5 Å². The molecule has 0 bridgehead atoms. The molecule has 7 heteroatoms. The first-order chi connectivity index (χ1) is 10.3. The van der Waals surface area contributed by atoms with Crippen LogP contribution in [-0.2, 0) is 12.0 Å².